The van der Waals surface area contributed by atoms with Gasteiger partial charge in [-0.15, -0.1) is 0 Å². The Kier molecular flexibility index (Phi) is 4.35. The molecule has 0 saturated carbocycles. The fourth-order valence-corrected chi connectivity index (χ4v) is 2.81. The Hall–Kier alpha value is -2.71. The maximum absolute atomic E-state index is 9.28. The summed E-state index contributed by atoms with van der Waals surface area (Å²) in [6.07, 6.45) is 0. The highest BCUT2D eigenvalue weighted by Crippen LogP contribution is 2.34. The lowest BCUT2D eigenvalue weighted by Gasteiger charge is -2.00. The third-order valence-electron chi connectivity index (χ3n) is 3.27. The van der Waals surface area contributed by atoms with Crippen LogP contribution in [0.15, 0.2) is 62.9 Å². The van der Waals surface area contributed by atoms with E-state index in [4.69, 9.17) is 9.15 Å². The van der Waals surface area contributed by atoms with Crippen molar-refractivity contribution in [2.45, 2.75) is 16.9 Å². The van der Waals surface area contributed by atoms with E-state index in [1.807, 2.05) is 55.5 Å². The van der Waals surface area contributed by atoms with E-state index >= 15 is 0 Å². The van der Waals surface area contributed by atoms with Crippen LogP contribution in [0.5, 0.6) is 5.75 Å². The molecule has 0 saturated heterocycles. The SMILES string of the molecule is COc1ccc(-c2nc(C#N)c(Sc3ccc(C)cc3)o2)cc1. The Morgan fingerprint density at radius 2 is 1.78 bits per heavy atom. The predicted octanol–water partition coefficient (Wildman–Crippen LogP) is 4.68. The van der Waals surface area contributed by atoms with E-state index in [9.17, 15) is 5.26 Å². The molecular formula is C18H14N2O2S. The maximum Gasteiger partial charge on any atom is 0.228 e. The molecule has 1 aromatic heterocycles. The van der Waals surface area contributed by atoms with Crippen LogP contribution in [0.3, 0.4) is 0 Å². The summed E-state index contributed by atoms with van der Waals surface area (Å²) >= 11 is 1.39. The van der Waals surface area contributed by atoms with Crippen LogP contribution in [0.1, 0.15) is 11.3 Å². The fraction of sp³-hybridized carbons (Fsp3) is 0.111. The molecule has 3 aromatic rings. The number of ether oxygens (including phenoxy) is 1. The standard InChI is InChI=1S/C18H14N2O2S/c1-12-3-9-15(10-4-12)23-18-16(11-19)20-17(22-18)13-5-7-14(21-2)8-6-13/h3-10H,1-2H3. The minimum absolute atomic E-state index is 0.293. The van der Waals surface area contributed by atoms with Crippen molar-refractivity contribution in [3.63, 3.8) is 0 Å². The lowest BCUT2D eigenvalue weighted by molar-refractivity contribution is 0.414. The summed E-state index contributed by atoms with van der Waals surface area (Å²) in [4.78, 5) is 5.28. The Morgan fingerprint density at radius 1 is 1.09 bits per heavy atom. The number of aromatic nitrogens is 1. The van der Waals surface area contributed by atoms with Crippen LogP contribution in [0, 0.1) is 18.3 Å². The molecule has 0 aliphatic rings. The molecule has 1 heterocycles. The zero-order valence-corrected chi connectivity index (χ0v) is 13.6. The number of methoxy groups -OCH3 is 1. The van der Waals surface area contributed by atoms with Crippen LogP contribution >= 0.6 is 11.8 Å². The summed E-state index contributed by atoms with van der Waals surface area (Å²) in [6.45, 7) is 2.03. The van der Waals surface area contributed by atoms with E-state index in [1.165, 1.54) is 17.3 Å². The van der Waals surface area contributed by atoms with Gasteiger partial charge >= 0.3 is 0 Å². The number of hydrogen-bond donors (Lipinski definition) is 0. The molecule has 3 rings (SSSR count). The van der Waals surface area contributed by atoms with Gasteiger partial charge in [0.1, 0.15) is 11.8 Å². The maximum atomic E-state index is 9.28. The largest absolute Gasteiger partial charge is 0.497 e. The predicted molar refractivity (Wildman–Crippen MR) is 88.5 cm³/mol. The molecule has 4 nitrogen and oxygen atoms in total. The molecular weight excluding hydrogens is 308 g/mol. The molecule has 0 spiro atoms. The van der Waals surface area contributed by atoms with Crippen LogP contribution in [-0.4, -0.2) is 12.1 Å². The zero-order valence-electron chi connectivity index (χ0n) is 12.7. The molecule has 5 heteroatoms. The number of oxazole rings is 1. The number of hydrogen-bond acceptors (Lipinski definition) is 5. The van der Waals surface area contributed by atoms with Gasteiger partial charge in [0.2, 0.25) is 11.0 Å². The van der Waals surface area contributed by atoms with Crippen molar-refractivity contribution in [1.82, 2.24) is 4.98 Å². The van der Waals surface area contributed by atoms with Crippen molar-refractivity contribution in [3.05, 3.63) is 59.8 Å². The molecule has 0 aliphatic heterocycles. The molecule has 2 aromatic carbocycles. The lowest BCUT2D eigenvalue weighted by atomic mass is 10.2. The van der Waals surface area contributed by atoms with Crippen molar-refractivity contribution in [1.29, 1.82) is 5.26 Å². The van der Waals surface area contributed by atoms with Gasteiger partial charge in [-0.05, 0) is 55.1 Å². The third kappa shape index (κ3) is 3.38. The van der Waals surface area contributed by atoms with Crippen LogP contribution in [-0.2, 0) is 0 Å². The molecule has 0 atom stereocenters. The van der Waals surface area contributed by atoms with Gasteiger partial charge in [0, 0.05) is 10.5 Å². The number of benzene rings is 2. The first-order valence-electron chi connectivity index (χ1n) is 6.99. The van der Waals surface area contributed by atoms with E-state index < -0.39 is 0 Å². The zero-order chi connectivity index (χ0) is 16.2. The summed E-state index contributed by atoms with van der Waals surface area (Å²) < 4.78 is 10.9. The number of rotatable bonds is 4. The van der Waals surface area contributed by atoms with Gasteiger partial charge in [-0.3, -0.25) is 0 Å². The molecule has 0 bridgehead atoms. The van der Waals surface area contributed by atoms with Gasteiger partial charge < -0.3 is 9.15 Å². The monoisotopic (exact) mass is 322 g/mol. The van der Waals surface area contributed by atoms with E-state index in [-0.39, 0.29) is 0 Å². The normalized spacial score (nSPS) is 10.3. The summed E-state index contributed by atoms with van der Waals surface area (Å²) in [7, 11) is 1.62. The van der Waals surface area contributed by atoms with E-state index in [1.54, 1.807) is 7.11 Å². The Morgan fingerprint density at radius 3 is 2.39 bits per heavy atom. The first-order chi connectivity index (χ1) is 11.2. The summed E-state index contributed by atoms with van der Waals surface area (Å²) in [5.41, 5.74) is 2.28. The van der Waals surface area contributed by atoms with Crippen molar-refractivity contribution in [2.75, 3.05) is 7.11 Å². The van der Waals surface area contributed by atoms with Gasteiger partial charge in [-0.2, -0.15) is 10.2 Å². The van der Waals surface area contributed by atoms with Crippen LogP contribution in [0.4, 0.5) is 0 Å². The number of nitrogens with zero attached hydrogens (tertiary/aromatic N) is 2. The number of nitriles is 1. The van der Waals surface area contributed by atoms with Crippen molar-refractivity contribution < 1.29 is 9.15 Å². The molecule has 0 amide bonds. The molecule has 0 fully saturated rings. The van der Waals surface area contributed by atoms with Crippen molar-refractivity contribution >= 4 is 11.8 Å². The summed E-state index contributed by atoms with van der Waals surface area (Å²) in [6, 6.07) is 17.5. The quantitative estimate of drug-likeness (QED) is 0.698. The second-order valence-corrected chi connectivity index (χ2v) is 5.96. The van der Waals surface area contributed by atoms with Gasteiger partial charge in [0.15, 0.2) is 5.69 Å². The Bertz CT molecular complexity index is 846. The average Bonchev–Trinajstić information content (AvgIpc) is 3.00. The summed E-state index contributed by atoms with van der Waals surface area (Å²) in [5, 5.41) is 9.78. The van der Waals surface area contributed by atoms with Crippen LogP contribution in [0.25, 0.3) is 11.5 Å². The fourth-order valence-electron chi connectivity index (χ4n) is 2.02. The van der Waals surface area contributed by atoms with Crippen LogP contribution < -0.4 is 4.74 Å². The van der Waals surface area contributed by atoms with E-state index in [0.29, 0.717) is 16.7 Å². The second-order valence-electron chi connectivity index (χ2n) is 4.91. The van der Waals surface area contributed by atoms with Crippen molar-refractivity contribution in [3.8, 4) is 23.3 Å². The minimum atomic E-state index is 0.293. The van der Waals surface area contributed by atoms with Gasteiger partial charge in [-0.1, -0.05) is 17.7 Å². The lowest BCUT2D eigenvalue weighted by Crippen LogP contribution is -1.83. The second kappa shape index (κ2) is 6.59. The molecule has 0 unspecified atom stereocenters. The third-order valence-corrected chi connectivity index (χ3v) is 4.24. The smallest absolute Gasteiger partial charge is 0.228 e. The molecule has 0 aliphatic carbocycles. The molecule has 114 valence electrons. The Balaban J connectivity index is 1.90. The molecule has 23 heavy (non-hydrogen) atoms. The van der Waals surface area contributed by atoms with E-state index in [0.717, 1.165) is 16.2 Å². The topological polar surface area (TPSA) is 59.0 Å². The Labute approximate surface area is 138 Å². The average molecular weight is 322 g/mol. The molecule has 0 radical (unpaired) electrons. The highest BCUT2D eigenvalue weighted by molar-refractivity contribution is 7.99. The number of aryl methyl sites for hydroxylation is 1. The minimum Gasteiger partial charge on any atom is -0.497 e. The highest BCUT2D eigenvalue weighted by atomic mass is 32.2. The van der Waals surface area contributed by atoms with Crippen molar-refractivity contribution in [2.24, 2.45) is 0 Å². The van der Waals surface area contributed by atoms with Gasteiger partial charge in [0.05, 0.1) is 7.11 Å². The van der Waals surface area contributed by atoms with Gasteiger partial charge in [0.25, 0.3) is 0 Å². The van der Waals surface area contributed by atoms with Crippen LogP contribution in [0.2, 0.25) is 0 Å². The molecule has 0 N–H and O–H groups in total. The highest BCUT2D eigenvalue weighted by Gasteiger charge is 2.15. The first kappa shape index (κ1) is 15.2. The first-order valence-corrected chi connectivity index (χ1v) is 7.81. The van der Waals surface area contributed by atoms with Gasteiger partial charge in [-0.25, -0.2) is 0 Å². The summed E-state index contributed by atoms with van der Waals surface area (Å²) in [5.74, 6) is 1.19. The van der Waals surface area contributed by atoms with E-state index in [2.05, 4.69) is 11.1 Å².